The van der Waals surface area contributed by atoms with Crippen LogP contribution in [0.15, 0.2) is 12.3 Å². The molecule has 0 aromatic carbocycles. The van der Waals surface area contributed by atoms with Crippen molar-refractivity contribution in [3.8, 4) is 5.88 Å². The Morgan fingerprint density at radius 3 is 2.73 bits per heavy atom. The minimum Gasteiger partial charge on any atom is -0.480 e. The molecule has 140 valence electrons. The second-order valence-corrected chi connectivity index (χ2v) is 8.09. The summed E-state index contributed by atoms with van der Waals surface area (Å²) in [5.74, 6) is -0.0373. The largest absolute Gasteiger partial charge is 0.480 e. The molecular weight excluding hydrogens is 356 g/mol. The molecule has 0 spiro atoms. The van der Waals surface area contributed by atoms with Crippen molar-refractivity contribution >= 4 is 23.5 Å². The van der Waals surface area contributed by atoms with Gasteiger partial charge in [-0.15, -0.1) is 0 Å². The summed E-state index contributed by atoms with van der Waals surface area (Å²) in [6.07, 6.45) is 8.32. The molecule has 2 aliphatic carbocycles. The Bertz CT molecular complexity index is 721. The molecule has 2 saturated carbocycles. The Labute approximate surface area is 157 Å². The van der Waals surface area contributed by atoms with Crippen LogP contribution in [-0.4, -0.2) is 45.6 Å². The zero-order chi connectivity index (χ0) is 18.3. The van der Waals surface area contributed by atoms with Crippen LogP contribution in [-0.2, 0) is 4.79 Å². The molecule has 1 N–H and O–H groups in total. The van der Waals surface area contributed by atoms with Crippen molar-refractivity contribution in [3.63, 3.8) is 0 Å². The van der Waals surface area contributed by atoms with Gasteiger partial charge in [-0.05, 0) is 50.0 Å². The normalized spacial score (nSPS) is 27.9. The minimum absolute atomic E-state index is 0.00178. The van der Waals surface area contributed by atoms with E-state index in [0.717, 1.165) is 25.7 Å². The topological polar surface area (TPSA) is 79.7 Å². The lowest BCUT2D eigenvalue weighted by molar-refractivity contribution is -0.141. The van der Waals surface area contributed by atoms with Gasteiger partial charge >= 0.3 is 5.97 Å². The highest BCUT2D eigenvalue weighted by Gasteiger charge is 2.47. The van der Waals surface area contributed by atoms with E-state index in [9.17, 15) is 14.7 Å². The molecule has 3 atom stereocenters. The Morgan fingerprint density at radius 2 is 2.04 bits per heavy atom. The standard InChI is InChI=1S/C19H23ClN2O4/c20-14-7-13(9-21-17(14)26-10-11-5-6-11)18(23)22-15-4-2-1-3-12(15)8-16(22)19(24)25/h7,9,11-12,15-16H,1-6,8,10H2,(H,24,25). The number of halogens is 1. The van der Waals surface area contributed by atoms with Crippen LogP contribution >= 0.6 is 11.6 Å². The lowest BCUT2D eigenvalue weighted by Gasteiger charge is -2.33. The second-order valence-electron chi connectivity index (χ2n) is 7.68. The number of aliphatic carboxylic acids is 1. The van der Waals surface area contributed by atoms with Gasteiger partial charge in [-0.1, -0.05) is 24.4 Å². The van der Waals surface area contributed by atoms with E-state index in [1.165, 1.54) is 19.0 Å². The number of pyridine rings is 1. The number of aromatic nitrogens is 1. The van der Waals surface area contributed by atoms with Crippen molar-refractivity contribution in [2.75, 3.05) is 6.61 Å². The number of amides is 1. The third kappa shape index (κ3) is 3.39. The summed E-state index contributed by atoms with van der Waals surface area (Å²) in [5.41, 5.74) is 0.325. The van der Waals surface area contributed by atoms with Gasteiger partial charge in [-0.3, -0.25) is 4.79 Å². The number of hydrogen-bond donors (Lipinski definition) is 1. The number of hydrogen-bond acceptors (Lipinski definition) is 4. The second kappa shape index (κ2) is 7.06. The Morgan fingerprint density at radius 1 is 1.27 bits per heavy atom. The number of rotatable bonds is 5. The van der Waals surface area contributed by atoms with E-state index >= 15 is 0 Å². The van der Waals surface area contributed by atoms with Gasteiger partial charge in [0.1, 0.15) is 11.1 Å². The van der Waals surface area contributed by atoms with Crippen LogP contribution < -0.4 is 4.74 Å². The summed E-state index contributed by atoms with van der Waals surface area (Å²) in [6, 6.07) is 0.788. The smallest absolute Gasteiger partial charge is 0.326 e. The summed E-state index contributed by atoms with van der Waals surface area (Å²) in [7, 11) is 0. The zero-order valence-corrected chi connectivity index (χ0v) is 15.3. The quantitative estimate of drug-likeness (QED) is 0.849. The molecule has 1 saturated heterocycles. The van der Waals surface area contributed by atoms with Crippen LogP contribution in [0.1, 0.15) is 55.3 Å². The number of ether oxygens (including phenoxy) is 1. The molecule has 3 fully saturated rings. The van der Waals surface area contributed by atoms with E-state index in [2.05, 4.69) is 4.98 Å². The third-order valence-electron chi connectivity index (χ3n) is 5.81. The summed E-state index contributed by atoms with van der Waals surface area (Å²) in [4.78, 5) is 30.5. The molecule has 6 nitrogen and oxygen atoms in total. The highest BCUT2D eigenvalue weighted by atomic mass is 35.5. The first-order valence-electron chi connectivity index (χ1n) is 9.38. The molecule has 26 heavy (non-hydrogen) atoms. The Balaban J connectivity index is 1.54. The van der Waals surface area contributed by atoms with Crippen molar-refractivity contribution in [2.24, 2.45) is 11.8 Å². The predicted molar refractivity (Wildman–Crippen MR) is 95.4 cm³/mol. The molecule has 0 bridgehead atoms. The number of nitrogens with zero attached hydrogens (tertiary/aromatic N) is 2. The summed E-state index contributed by atoms with van der Waals surface area (Å²) in [6.45, 7) is 0.594. The molecule has 0 radical (unpaired) electrons. The van der Waals surface area contributed by atoms with Gasteiger partial charge in [0.25, 0.3) is 5.91 Å². The Hall–Kier alpha value is -1.82. The van der Waals surface area contributed by atoms with Crippen molar-refractivity contribution in [3.05, 3.63) is 22.8 Å². The fourth-order valence-electron chi connectivity index (χ4n) is 4.25. The van der Waals surface area contributed by atoms with Gasteiger partial charge in [0.05, 0.1) is 12.2 Å². The number of carboxylic acid groups (broad SMARTS) is 1. The van der Waals surface area contributed by atoms with Gasteiger partial charge in [0.15, 0.2) is 0 Å². The average molecular weight is 379 g/mol. The third-order valence-corrected chi connectivity index (χ3v) is 6.09. The first kappa shape index (κ1) is 17.6. The number of carbonyl (C=O) groups excluding carboxylic acids is 1. The molecule has 3 unspecified atom stereocenters. The monoisotopic (exact) mass is 378 g/mol. The number of likely N-dealkylation sites (tertiary alicyclic amines) is 1. The van der Waals surface area contributed by atoms with Crippen LogP contribution in [0.2, 0.25) is 5.02 Å². The average Bonchev–Trinajstić information content (AvgIpc) is 3.37. The molecule has 1 aliphatic heterocycles. The van der Waals surface area contributed by atoms with Gasteiger partial charge in [0, 0.05) is 12.2 Å². The van der Waals surface area contributed by atoms with E-state index in [1.807, 2.05) is 0 Å². The van der Waals surface area contributed by atoms with Crippen molar-refractivity contribution in [2.45, 2.75) is 57.0 Å². The molecule has 3 aliphatic rings. The van der Waals surface area contributed by atoms with Gasteiger partial charge in [-0.25, -0.2) is 9.78 Å². The minimum atomic E-state index is -0.934. The van der Waals surface area contributed by atoms with Crippen LogP contribution in [0.5, 0.6) is 5.88 Å². The Kier molecular flexibility index (Phi) is 4.78. The lowest BCUT2D eigenvalue weighted by Crippen LogP contribution is -2.46. The van der Waals surface area contributed by atoms with E-state index in [-0.39, 0.29) is 17.9 Å². The summed E-state index contributed by atoms with van der Waals surface area (Å²) in [5, 5.41) is 9.89. The predicted octanol–water partition coefficient (Wildman–Crippen LogP) is 3.38. The molecular formula is C19H23ClN2O4. The molecule has 1 aromatic heterocycles. The van der Waals surface area contributed by atoms with E-state index in [1.54, 1.807) is 11.0 Å². The first-order chi connectivity index (χ1) is 12.5. The van der Waals surface area contributed by atoms with Crippen LogP contribution in [0.4, 0.5) is 0 Å². The van der Waals surface area contributed by atoms with Crippen molar-refractivity contribution < 1.29 is 19.4 Å². The van der Waals surface area contributed by atoms with Gasteiger partial charge < -0.3 is 14.7 Å². The molecule has 4 rings (SSSR count). The van der Waals surface area contributed by atoms with Crippen molar-refractivity contribution in [1.29, 1.82) is 0 Å². The van der Waals surface area contributed by atoms with Gasteiger partial charge in [-0.2, -0.15) is 0 Å². The first-order valence-corrected chi connectivity index (χ1v) is 9.76. The van der Waals surface area contributed by atoms with E-state index < -0.39 is 12.0 Å². The fraction of sp³-hybridized carbons (Fsp3) is 0.632. The SMILES string of the molecule is O=C(O)C1CC2CCCCC2N1C(=O)c1cnc(OCC2CC2)c(Cl)c1. The van der Waals surface area contributed by atoms with Crippen molar-refractivity contribution in [1.82, 2.24) is 9.88 Å². The maximum atomic E-state index is 13.1. The van der Waals surface area contributed by atoms with Gasteiger partial charge in [0.2, 0.25) is 5.88 Å². The lowest BCUT2D eigenvalue weighted by atomic mass is 9.84. The van der Waals surface area contributed by atoms with Crippen LogP contribution in [0, 0.1) is 11.8 Å². The number of carboxylic acids is 1. The number of fused-ring (bicyclic) bond motifs is 1. The highest BCUT2D eigenvalue weighted by Crippen LogP contribution is 2.41. The van der Waals surface area contributed by atoms with E-state index in [4.69, 9.17) is 16.3 Å². The van der Waals surface area contributed by atoms with E-state index in [0.29, 0.717) is 35.4 Å². The highest BCUT2D eigenvalue weighted by molar-refractivity contribution is 6.32. The maximum absolute atomic E-state index is 13.1. The molecule has 7 heteroatoms. The van der Waals surface area contributed by atoms with Crippen LogP contribution in [0.3, 0.4) is 0 Å². The van der Waals surface area contributed by atoms with Crippen LogP contribution in [0.25, 0.3) is 0 Å². The number of carbonyl (C=O) groups is 2. The zero-order valence-electron chi connectivity index (χ0n) is 14.6. The molecule has 1 amide bonds. The fourth-order valence-corrected chi connectivity index (χ4v) is 4.47. The summed E-state index contributed by atoms with van der Waals surface area (Å²) >= 11 is 6.25. The molecule has 1 aromatic rings. The summed E-state index contributed by atoms with van der Waals surface area (Å²) < 4.78 is 5.60. The molecule has 2 heterocycles. The maximum Gasteiger partial charge on any atom is 0.326 e.